The summed E-state index contributed by atoms with van der Waals surface area (Å²) >= 11 is 0. The number of phenolic OH excluding ortho intramolecular Hbond substituents is 1. The summed E-state index contributed by atoms with van der Waals surface area (Å²) in [6.07, 6.45) is -0.130. The van der Waals surface area contributed by atoms with Crippen molar-refractivity contribution in [1.29, 1.82) is 0 Å². The number of rotatable bonds is 1. The van der Waals surface area contributed by atoms with Gasteiger partial charge in [0.1, 0.15) is 17.4 Å². The zero-order valence-electron chi connectivity index (χ0n) is 23.9. The van der Waals surface area contributed by atoms with E-state index in [-0.39, 0.29) is 46.6 Å². The highest BCUT2D eigenvalue weighted by atomic mass is 16.7. The van der Waals surface area contributed by atoms with Crippen LogP contribution < -0.4 is 5.32 Å². The van der Waals surface area contributed by atoms with E-state index in [0.29, 0.717) is 11.1 Å². The summed E-state index contributed by atoms with van der Waals surface area (Å²) in [5.74, 6) is 9.73. The number of aliphatic hydroxyl groups is 2. The van der Waals surface area contributed by atoms with Crippen LogP contribution in [0.1, 0.15) is 76.2 Å². The normalized spacial score (nSPS) is 28.7. The lowest BCUT2D eigenvalue weighted by molar-refractivity contribution is 0.0241. The fourth-order valence-electron chi connectivity index (χ4n) is 6.79. The highest BCUT2D eigenvalue weighted by Crippen LogP contribution is 2.67. The summed E-state index contributed by atoms with van der Waals surface area (Å²) in [6, 6.07) is 3.59. The van der Waals surface area contributed by atoms with Gasteiger partial charge in [0.25, 0.3) is 0 Å². The molecule has 218 valence electrons. The molecule has 5 atom stereocenters. The van der Waals surface area contributed by atoms with Crippen LogP contribution in [0.3, 0.4) is 0 Å². The number of phenols is 1. The highest BCUT2D eigenvalue weighted by Gasteiger charge is 2.82. The first kappa shape index (κ1) is 27.2. The molecule has 10 nitrogen and oxygen atoms in total. The van der Waals surface area contributed by atoms with Crippen molar-refractivity contribution in [2.75, 3.05) is 5.32 Å². The molecule has 1 fully saturated rings. The summed E-state index contributed by atoms with van der Waals surface area (Å²) in [7, 11) is 0. The van der Waals surface area contributed by atoms with Gasteiger partial charge in [-0.25, -0.2) is 4.79 Å². The van der Waals surface area contributed by atoms with Crippen LogP contribution in [-0.2, 0) is 28.2 Å². The second-order valence-corrected chi connectivity index (χ2v) is 12.4. The number of aromatic hydroxyl groups is 1. The Morgan fingerprint density at radius 1 is 1.07 bits per heavy atom. The summed E-state index contributed by atoms with van der Waals surface area (Å²) in [5.41, 5.74) is -2.03. The van der Waals surface area contributed by atoms with E-state index < -0.39 is 58.5 Å². The Balaban J connectivity index is 1.37. The lowest BCUT2D eigenvalue weighted by Crippen LogP contribution is -2.54. The molecule has 5 aliphatic rings. The van der Waals surface area contributed by atoms with Crippen LogP contribution >= 0.6 is 0 Å². The van der Waals surface area contributed by atoms with Crippen LogP contribution in [0.4, 0.5) is 10.5 Å². The lowest BCUT2D eigenvalue weighted by Gasteiger charge is -2.37. The van der Waals surface area contributed by atoms with E-state index in [1.807, 2.05) is 0 Å². The fourth-order valence-corrected chi connectivity index (χ4v) is 6.79. The average molecular weight is 581 g/mol. The monoisotopic (exact) mass is 580 g/mol. The standard InChI is InChI=1S/C33H28N2O8/c1-16(36)32-23-9-7-5-6-8-10-24(38)33(32,43-32)21-13-22(37)25-26(27(21)34-23)29(40)20-12-18-15-35(30(41)42-31(2,3)4)14-17(18)11-19(20)28(25)39/h5-6,11-13,16,23-24,34,36-38H,14-15H2,1-4H3/b6-5-/t16-,23+,24-,32+,33+/m1/s1. The molecular weight excluding hydrogens is 552 g/mol. The number of carbonyl (C=O) groups excluding carboxylic acids is 3. The number of hydrogen-bond acceptors (Lipinski definition) is 9. The minimum Gasteiger partial charge on any atom is -0.507 e. The molecule has 2 aliphatic carbocycles. The summed E-state index contributed by atoms with van der Waals surface area (Å²) in [6.45, 7) is 7.24. The van der Waals surface area contributed by atoms with E-state index in [1.54, 1.807) is 32.9 Å². The van der Waals surface area contributed by atoms with Crippen LogP contribution in [0, 0.1) is 23.7 Å². The third kappa shape index (κ3) is 3.58. The van der Waals surface area contributed by atoms with Gasteiger partial charge in [-0.1, -0.05) is 23.7 Å². The van der Waals surface area contributed by atoms with E-state index >= 15 is 0 Å². The van der Waals surface area contributed by atoms with E-state index in [9.17, 15) is 29.7 Å². The van der Waals surface area contributed by atoms with Gasteiger partial charge < -0.3 is 30.1 Å². The molecule has 0 saturated carbocycles. The molecule has 2 bridgehead atoms. The molecule has 0 aromatic heterocycles. The topological polar surface area (TPSA) is 149 Å². The van der Waals surface area contributed by atoms with E-state index in [4.69, 9.17) is 9.47 Å². The van der Waals surface area contributed by atoms with Gasteiger partial charge in [0.15, 0.2) is 28.9 Å². The smallest absolute Gasteiger partial charge is 0.410 e. The lowest BCUT2D eigenvalue weighted by atomic mass is 9.69. The molecule has 1 saturated heterocycles. The van der Waals surface area contributed by atoms with Gasteiger partial charge in [-0.2, -0.15) is 0 Å². The molecule has 3 heterocycles. The van der Waals surface area contributed by atoms with E-state index in [2.05, 4.69) is 29.0 Å². The molecule has 2 aromatic carbocycles. The van der Waals surface area contributed by atoms with Crippen LogP contribution in [0.15, 0.2) is 30.4 Å². The maximum Gasteiger partial charge on any atom is 0.410 e. The fraction of sp³-hybridized carbons (Fsp3) is 0.364. The van der Waals surface area contributed by atoms with Crippen molar-refractivity contribution in [3.63, 3.8) is 0 Å². The average Bonchev–Trinajstić information content (AvgIpc) is 3.51. The number of anilines is 1. The summed E-state index contributed by atoms with van der Waals surface area (Å²) < 4.78 is 11.7. The van der Waals surface area contributed by atoms with Crippen LogP contribution in [0.5, 0.6) is 5.75 Å². The summed E-state index contributed by atoms with van der Waals surface area (Å²) in [5, 5.41) is 36.7. The van der Waals surface area contributed by atoms with Crippen molar-refractivity contribution in [2.45, 2.75) is 75.8 Å². The molecule has 1 amide bonds. The second kappa shape index (κ2) is 8.71. The Bertz CT molecular complexity index is 1850. The first-order valence-electron chi connectivity index (χ1n) is 13.9. The number of fused-ring (bicyclic) bond motifs is 5. The number of benzene rings is 2. The van der Waals surface area contributed by atoms with Crippen LogP contribution in [0.25, 0.3) is 0 Å². The number of epoxide rings is 1. The third-order valence-corrected chi connectivity index (χ3v) is 8.65. The largest absolute Gasteiger partial charge is 0.507 e. The number of allylic oxidation sites excluding steroid dienone is 2. The summed E-state index contributed by atoms with van der Waals surface area (Å²) in [4.78, 5) is 42.4. The number of ketones is 2. The number of amides is 1. The second-order valence-electron chi connectivity index (χ2n) is 12.4. The van der Waals surface area contributed by atoms with E-state index in [0.717, 1.165) is 0 Å². The van der Waals surface area contributed by atoms with Gasteiger partial charge in [0.05, 0.1) is 22.9 Å². The Hall–Kier alpha value is -4.61. The predicted molar refractivity (Wildman–Crippen MR) is 152 cm³/mol. The molecule has 0 unspecified atom stereocenters. The molecule has 3 aliphatic heterocycles. The van der Waals surface area contributed by atoms with Gasteiger partial charge in [-0.3, -0.25) is 14.5 Å². The molecule has 7 rings (SSSR count). The minimum atomic E-state index is -1.64. The molecule has 0 radical (unpaired) electrons. The van der Waals surface area contributed by atoms with Crippen molar-refractivity contribution < 1.29 is 39.2 Å². The predicted octanol–water partition coefficient (Wildman–Crippen LogP) is 2.50. The highest BCUT2D eigenvalue weighted by molar-refractivity contribution is 6.31. The van der Waals surface area contributed by atoms with Crippen molar-refractivity contribution in [3.05, 3.63) is 69.3 Å². The maximum absolute atomic E-state index is 14.3. The zero-order chi connectivity index (χ0) is 30.6. The Morgan fingerprint density at radius 2 is 1.67 bits per heavy atom. The zero-order valence-corrected chi connectivity index (χ0v) is 23.9. The molecule has 10 heteroatoms. The molecule has 2 aromatic rings. The van der Waals surface area contributed by atoms with Gasteiger partial charge in [0.2, 0.25) is 0 Å². The number of nitrogens with zero attached hydrogens (tertiary/aromatic N) is 1. The maximum atomic E-state index is 14.3. The van der Waals surface area contributed by atoms with Gasteiger partial charge in [-0.05, 0) is 69.2 Å². The quantitative estimate of drug-likeness (QED) is 0.194. The molecule has 43 heavy (non-hydrogen) atoms. The SMILES string of the molecule is C[C@@H](O)[C@@]12O[C@]13c1cc(O)c4c(c1N[C@H]2C#C/C=C\C#C[C@H]3O)C(=O)c1cc2c(cc1C4=O)CN(C(=O)OC(C)(C)C)C2. The third-order valence-electron chi connectivity index (χ3n) is 8.65. The van der Waals surface area contributed by atoms with Crippen LogP contribution in [0.2, 0.25) is 0 Å². The number of aliphatic hydroxyl groups excluding tert-OH is 2. The van der Waals surface area contributed by atoms with Gasteiger partial charge in [0, 0.05) is 29.8 Å². The Labute approximate surface area is 247 Å². The molecule has 4 N–H and O–H groups in total. The minimum absolute atomic E-state index is 0.0805. The van der Waals surface area contributed by atoms with Crippen molar-refractivity contribution in [1.82, 2.24) is 4.90 Å². The number of ether oxygens (including phenoxy) is 2. The molecule has 0 spiro atoms. The number of hydrogen-bond donors (Lipinski definition) is 4. The number of carbonyl (C=O) groups is 3. The number of nitrogens with one attached hydrogen (secondary N) is 1. The Kier molecular flexibility index (Phi) is 5.52. The van der Waals surface area contributed by atoms with E-state index in [1.165, 1.54) is 30.0 Å². The first-order chi connectivity index (χ1) is 20.3. The van der Waals surface area contributed by atoms with Gasteiger partial charge >= 0.3 is 6.09 Å². The Morgan fingerprint density at radius 3 is 2.28 bits per heavy atom. The van der Waals surface area contributed by atoms with Crippen molar-refractivity contribution in [3.8, 4) is 29.4 Å². The van der Waals surface area contributed by atoms with Crippen molar-refractivity contribution >= 4 is 23.3 Å². The first-order valence-corrected chi connectivity index (χ1v) is 13.9. The van der Waals surface area contributed by atoms with Crippen LogP contribution in [-0.4, -0.2) is 67.3 Å². The van der Waals surface area contributed by atoms with Crippen molar-refractivity contribution in [2.24, 2.45) is 0 Å². The molecular formula is C33H28N2O8. The van der Waals surface area contributed by atoms with Gasteiger partial charge in [-0.15, -0.1) is 0 Å².